The third-order valence-electron chi connectivity index (χ3n) is 4.95. The standard InChI is InChI=1S/C17H25N5O/c1-11(2)21-9-6-12(7-10-21)22-15(23)4-3-13(18)16-14(19)5-8-20-17(16)22/h5,8,11-12,18H,3-4,6-7,9-10H2,1-2H3,(H2,19,20). The summed E-state index contributed by atoms with van der Waals surface area (Å²) < 4.78 is 0. The molecular formula is C17H25N5O. The van der Waals surface area contributed by atoms with Gasteiger partial charge < -0.3 is 16.0 Å². The first kappa shape index (κ1) is 15.9. The van der Waals surface area contributed by atoms with E-state index < -0.39 is 0 Å². The van der Waals surface area contributed by atoms with Gasteiger partial charge in [-0.1, -0.05) is 0 Å². The third kappa shape index (κ3) is 2.95. The highest BCUT2D eigenvalue weighted by molar-refractivity contribution is 6.13. The maximum atomic E-state index is 12.7. The van der Waals surface area contributed by atoms with Gasteiger partial charge in [0.1, 0.15) is 5.82 Å². The van der Waals surface area contributed by atoms with Gasteiger partial charge in [-0.05, 0) is 39.2 Å². The number of aromatic nitrogens is 1. The van der Waals surface area contributed by atoms with Crippen LogP contribution in [0.4, 0.5) is 11.5 Å². The molecule has 1 fully saturated rings. The Morgan fingerprint density at radius 2 is 2.00 bits per heavy atom. The van der Waals surface area contributed by atoms with E-state index in [1.54, 1.807) is 12.3 Å². The molecule has 0 radical (unpaired) electrons. The van der Waals surface area contributed by atoms with Gasteiger partial charge in [0, 0.05) is 49.2 Å². The minimum Gasteiger partial charge on any atom is -0.398 e. The first-order valence-electron chi connectivity index (χ1n) is 8.37. The lowest BCUT2D eigenvalue weighted by Crippen LogP contribution is -2.49. The Bertz CT molecular complexity index is 619. The zero-order valence-electron chi connectivity index (χ0n) is 13.9. The molecule has 3 N–H and O–H groups in total. The van der Waals surface area contributed by atoms with Crippen LogP contribution < -0.4 is 10.6 Å². The van der Waals surface area contributed by atoms with Gasteiger partial charge in [-0.2, -0.15) is 0 Å². The number of amides is 1. The fourth-order valence-corrected chi connectivity index (χ4v) is 3.59. The summed E-state index contributed by atoms with van der Waals surface area (Å²) in [7, 11) is 0. The summed E-state index contributed by atoms with van der Waals surface area (Å²) in [5.41, 5.74) is 7.68. The monoisotopic (exact) mass is 315 g/mol. The normalized spacial score (nSPS) is 20.7. The molecule has 1 aromatic rings. The summed E-state index contributed by atoms with van der Waals surface area (Å²) in [5, 5.41) is 8.23. The summed E-state index contributed by atoms with van der Waals surface area (Å²) in [6.45, 7) is 6.38. The van der Waals surface area contributed by atoms with Crippen molar-refractivity contribution in [1.82, 2.24) is 9.88 Å². The molecule has 3 heterocycles. The number of nitrogens with two attached hydrogens (primary N) is 1. The summed E-state index contributed by atoms with van der Waals surface area (Å²) in [4.78, 5) is 21.4. The van der Waals surface area contributed by atoms with Gasteiger partial charge >= 0.3 is 0 Å². The topological polar surface area (TPSA) is 86.3 Å². The minimum absolute atomic E-state index is 0.0644. The molecular weight excluding hydrogens is 290 g/mol. The van der Waals surface area contributed by atoms with Crippen LogP contribution in [0.1, 0.15) is 45.1 Å². The molecule has 0 bridgehead atoms. The average Bonchev–Trinajstić information content (AvgIpc) is 2.65. The maximum Gasteiger partial charge on any atom is 0.228 e. The van der Waals surface area contributed by atoms with Crippen molar-refractivity contribution in [3.63, 3.8) is 0 Å². The number of rotatable bonds is 2. The van der Waals surface area contributed by atoms with E-state index in [9.17, 15) is 4.79 Å². The summed E-state index contributed by atoms with van der Waals surface area (Å²) >= 11 is 0. The number of pyridine rings is 1. The van der Waals surface area contributed by atoms with Crippen LogP contribution in [0, 0.1) is 5.41 Å². The van der Waals surface area contributed by atoms with Crippen LogP contribution in [0.3, 0.4) is 0 Å². The van der Waals surface area contributed by atoms with Crippen molar-refractivity contribution in [3.8, 4) is 0 Å². The van der Waals surface area contributed by atoms with Crippen molar-refractivity contribution in [1.29, 1.82) is 5.41 Å². The van der Waals surface area contributed by atoms with E-state index >= 15 is 0 Å². The lowest BCUT2D eigenvalue weighted by atomic mass is 10.0. The second-order valence-electron chi connectivity index (χ2n) is 6.70. The molecule has 1 amide bonds. The molecule has 23 heavy (non-hydrogen) atoms. The SMILES string of the molecule is CC(C)N1CCC(N2C(=O)CCC(=N)c3c(N)ccnc32)CC1. The second kappa shape index (κ2) is 6.28. The van der Waals surface area contributed by atoms with E-state index in [0.717, 1.165) is 25.9 Å². The fourth-order valence-electron chi connectivity index (χ4n) is 3.59. The Kier molecular flexibility index (Phi) is 4.35. The Morgan fingerprint density at radius 1 is 1.30 bits per heavy atom. The minimum atomic E-state index is 0.0644. The van der Waals surface area contributed by atoms with Crippen molar-refractivity contribution in [2.45, 2.75) is 51.6 Å². The smallest absolute Gasteiger partial charge is 0.228 e. The van der Waals surface area contributed by atoms with Crippen molar-refractivity contribution in [2.75, 3.05) is 23.7 Å². The number of nitrogen functional groups attached to an aromatic ring is 1. The van der Waals surface area contributed by atoms with E-state index in [1.807, 2.05) is 4.90 Å². The van der Waals surface area contributed by atoms with Crippen LogP contribution >= 0.6 is 0 Å². The second-order valence-corrected chi connectivity index (χ2v) is 6.70. The van der Waals surface area contributed by atoms with Gasteiger partial charge in [0.25, 0.3) is 0 Å². The number of fused-ring (bicyclic) bond motifs is 1. The highest BCUT2D eigenvalue weighted by atomic mass is 16.2. The van der Waals surface area contributed by atoms with Gasteiger partial charge in [-0.3, -0.25) is 9.69 Å². The van der Waals surface area contributed by atoms with E-state index in [-0.39, 0.29) is 11.9 Å². The number of nitrogens with one attached hydrogen (secondary N) is 1. The van der Waals surface area contributed by atoms with Gasteiger partial charge in [0.2, 0.25) is 5.91 Å². The molecule has 0 saturated carbocycles. The van der Waals surface area contributed by atoms with Gasteiger partial charge in [-0.25, -0.2) is 4.98 Å². The Balaban J connectivity index is 1.92. The van der Waals surface area contributed by atoms with Crippen LogP contribution in [-0.4, -0.2) is 46.7 Å². The van der Waals surface area contributed by atoms with E-state index in [4.69, 9.17) is 11.1 Å². The van der Waals surface area contributed by atoms with Crippen LogP contribution in [-0.2, 0) is 4.79 Å². The van der Waals surface area contributed by atoms with E-state index in [0.29, 0.717) is 41.7 Å². The average molecular weight is 315 g/mol. The quantitative estimate of drug-likeness (QED) is 0.874. The number of likely N-dealkylation sites (tertiary alicyclic amines) is 1. The number of hydrogen-bond donors (Lipinski definition) is 2. The molecule has 0 spiro atoms. The molecule has 0 unspecified atom stereocenters. The predicted octanol–water partition coefficient (Wildman–Crippen LogP) is 2.03. The summed E-state index contributed by atoms with van der Waals surface area (Å²) in [6.07, 6.45) is 4.30. The lowest BCUT2D eigenvalue weighted by molar-refractivity contribution is -0.119. The maximum absolute atomic E-state index is 12.7. The Hall–Kier alpha value is -1.95. The van der Waals surface area contributed by atoms with Crippen molar-refractivity contribution in [2.24, 2.45) is 0 Å². The van der Waals surface area contributed by atoms with Crippen LogP contribution in [0.15, 0.2) is 12.3 Å². The highest BCUT2D eigenvalue weighted by Crippen LogP contribution is 2.33. The molecule has 6 nitrogen and oxygen atoms in total. The molecule has 1 saturated heterocycles. The largest absolute Gasteiger partial charge is 0.398 e. The number of carbonyl (C=O) groups is 1. The Labute approximate surface area is 137 Å². The van der Waals surface area contributed by atoms with Gasteiger partial charge in [-0.15, -0.1) is 0 Å². The lowest BCUT2D eigenvalue weighted by Gasteiger charge is -2.39. The van der Waals surface area contributed by atoms with Crippen molar-refractivity contribution >= 4 is 23.1 Å². The molecule has 0 aliphatic carbocycles. The molecule has 2 aliphatic rings. The molecule has 1 aromatic heterocycles. The zero-order chi connectivity index (χ0) is 16.6. The first-order chi connectivity index (χ1) is 11.0. The summed E-state index contributed by atoms with van der Waals surface area (Å²) in [5.74, 6) is 0.648. The van der Waals surface area contributed by atoms with E-state index in [1.165, 1.54) is 0 Å². The molecule has 2 aliphatic heterocycles. The Morgan fingerprint density at radius 3 is 2.65 bits per heavy atom. The van der Waals surface area contributed by atoms with E-state index in [2.05, 4.69) is 23.7 Å². The number of carbonyl (C=O) groups excluding carboxylic acids is 1. The van der Waals surface area contributed by atoms with Gasteiger partial charge in [0.05, 0.1) is 5.56 Å². The fraction of sp³-hybridized carbons (Fsp3) is 0.588. The molecule has 0 aromatic carbocycles. The number of anilines is 2. The highest BCUT2D eigenvalue weighted by Gasteiger charge is 2.34. The van der Waals surface area contributed by atoms with Crippen LogP contribution in [0.2, 0.25) is 0 Å². The van der Waals surface area contributed by atoms with Gasteiger partial charge in [0.15, 0.2) is 0 Å². The third-order valence-corrected chi connectivity index (χ3v) is 4.95. The molecule has 3 rings (SSSR count). The molecule has 124 valence electrons. The van der Waals surface area contributed by atoms with Crippen molar-refractivity contribution in [3.05, 3.63) is 17.8 Å². The number of piperidine rings is 1. The van der Waals surface area contributed by atoms with Crippen LogP contribution in [0.25, 0.3) is 0 Å². The number of hydrogen-bond acceptors (Lipinski definition) is 5. The predicted molar refractivity (Wildman–Crippen MR) is 91.9 cm³/mol. The molecule has 6 heteroatoms. The molecule has 0 atom stereocenters. The number of nitrogens with zero attached hydrogens (tertiary/aromatic N) is 3. The van der Waals surface area contributed by atoms with Crippen LogP contribution in [0.5, 0.6) is 0 Å². The summed E-state index contributed by atoms with van der Waals surface area (Å²) in [6, 6.07) is 2.39. The van der Waals surface area contributed by atoms with Crippen molar-refractivity contribution < 1.29 is 4.79 Å². The zero-order valence-corrected chi connectivity index (χ0v) is 13.9. The first-order valence-corrected chi connectivity index (χ1v) is 8.37.